The summed E-state index contributed by atoms with van der Waals surface area (Å²) in [6.45, 7) is 4.64. The second kappa shape index (κ2) is 7.53. The number of aliphatic hydroxyl groups is 1. The highest BCUT2D eigenvalue weighted by atomic mass is 16.2. The smallest absolute Gasteiger partial charge is 0.0431 e. The molecule has 1 aliphatic heterocycles. The van der Waals surface area contributed by atoms with E-state index in [1.54, 1.807) is 0 Å². The van der Waals surface area contributed by atoms with E-state index >= 15 is 0 Å². The summed E-state index contributed by atoms with van der Waals surface area (Å²) in [6, 6.07) is 6.37. The van der Waals surface area contributed by atoms with Crippen molar-refractivity contribution in [3.05, 3.63) is 23.8 Å². The van der Waals surface area contributed by atoms with Crippen molar-refractivity contribution >= 4 is 11.4 Å². The van der Waals surface area contributed by atoms with E-state index in [9.17, 15) is 0 Å². The number of hydrogen-bond donors (Lipinski definition) is 2. The lowest BCUT2D eigenvalue weighted by Gasteiger charge is -2.32. The molecule has 0 spiro atoms. The van der Waals surface area contributed by atoms with Crippen LogP contribution >= 0.6 is 0 Å². The highest BCUT2D eigenvalue weighted by molar-refractivity contribution is 5.58. The van der Waals surface area contributed by atoms with Crippen molar-refractivity contribution < 1.29 is 5.11 Å². The molecular formula is C17H28N2O. The van der Waals surface area contributed by atoms with Gasteiger partial charge < -0.3 is 15.7 Å². The fourth-order valence-corrected chi connectivity index (χ4v) is 3.11. The van der Waals surface area contributed by atoms with E-state index in [0.29, 0.717) is 12.5 Å². The fourth-order valence-electron chi connectivity index (χ4n) is 3.11. The van der Waals surface area contributed by atoms with E-state index in [-0.39, 0.29) is 0 Å². The van der Waals surface area contributed by atoms with Crippen molar-refractivity contribution in [2.45, 2.75) is 45.4 Å². The molecule has 1 aromatic carbocycles. The van der Waals surface area contributed by atoms with Crippen molar-refractivity contribution in [3.8, 4) is 0 Å². The van der Waals surface area contributed by atoms with Gasteiger partial charge in [-0.15, -0.1) is 0 Å². The van der Waals surface area contributed by atoms with Crippen LogP contribution in [0.3, 0.4) is 0 Å². The summed E-state index contributed by atoms with van der Waals surface area (Å²) < 4.78 is 0. The van der Waals surface area contributed by atoms with Gasteiger partial charge in [-0.1, -0.05) is 12.8 Å². The third-order valence-electron chi connectivity index (χ3n) is 4.41. The maximum atomic E-state index is 9.05. The number of nitrogen functional groups attached to an aromatic ring is 1. The Morgan fingerprint density at radius 1 is 1.30 bits per heavy atom. The molecular weight excluding hydrogens is 248 g/mol. The van der Waals surface area contributed by atoms with Crippen LogP contribution in [0.25, 0.3) is 0 Å². The van der Waals surface area contributed by atoms with Crippen LogP contribution in [0, 0.1) is 12.8 Å². The second-order valence-corrected chi connectivity index (χ2v) is 6.07. The summed E-state index contributed by atoms with van der Waals surface area (Å²) in [5, 5.41) is 9.05. The first kappa shape index (κ1) is 15.2. The first-order valence-electron chi connectivity index (χ1n) is 7.92. The number of anilines is 2. The maximum absolute atomic E-state index is 9.05. The summed E-state index contributed by atoms with van der Waals surface area (Å²) in [5.41, 5.74) is 9.26. The molecule has 0 bridgehead atoms. The van der Waals surface area contributed by atoms with E-state index in [1.165, 1.54) is 31.4 Å². The summed E-state index contributed by atoms with van der Waals surface area (Å²) in [6.07, 6.45) is 7.30. The van der Waals surface area contributed by atoms with Gasteiger partial charge in [0.05, 0.1) is 0 Å². The number of aryl methyl sites for hydroxylation is 1. The molecule has 0 saturated carbocycles. The molecule has 20 heavy (non-hydrogen) atoms. The molecule has 112 valence electrons. The lowest BCUT2D eigenvalue weighted by molar-refractivity contribution is 0.265. The van der Waals surface area contributed by atoms with E-state index in [1.807, 2.05) is 6.07 Å². The summed E-state index contributed by atoms with van der Waals surface area (Å²) in [5.74, 6) is 0.709. The Labute approximate surface area is 122 Å². The third kappa shape index (κ3) is 4.14. The SMILES string of the molecule is Cc1cc(N2CCCCCC(CCCO)C2)ccc1N. The lowest BCUT2D eigenvalue weighted by atomic mass is 9.93. The number of aliphatic hydroxyl groups excluding tert-OH is 1. The van der Waals surface area contributed by atoms with Gasteiger partial charge in [0.1, 0.15) is 0 Å². The van der Waals surface area contributed by atoms with Crippen molar-refractivity contribution in [1.82, 2.24) is 0 Å². The molecule has 0 aromatic heterocycles. The molecule has 3 heteroatoms. The third-order valence-corrected chi connectivity index (χ3v) is 4.41. The van der Waals surface area contributed by atoms with Gasteiger partial charge >= 0.3 is 0 Å². The first-order valence-corrected chi connectivity index (χ1v) is 7.92. The predicted molar refractivity (Wildman–Crippen MR) is 86.1 cm³/mol. The Hall–Kier alpha value is -1.22. The summed E-state index contributed by atoms with van der Waals surface area (Å²) in [7, 11) is 0. The van der Waals surface area contributed by atoms with Crippen LogP contribution in [0.2, 0.25) is 0 Å². The Morgan fingerprint density at radius 3 is 2.90 bits per heavy atom. The predicted octanol–water partition coefficient (Wildman–Crippen LogP) is 3.35. The average Bonchev–Trinajstić information content (AvgIpc) is 2.41. The molecule has 3 N–H and O–H groups in total. The molecule has 1 unspecified atom stereocenters. The number of benzene rings is 1. The van der Waals surface area contributed by atoms with Gasteiger partial charge in [0.2, 0.25) is 0 Å². The molecule has 0 radical (unpaired) electrons. The van der Waals surface area contributed by atoms with Crippen LogP contribution in [0.1, 0.15) is 44.1 Å². The molecule has 0 amide bonds. The zero-order chi connectivity index (χ0) is 14.4. The maximum Gasteiger partial charge on any atom is 0.0431 e. The largest absolute Gasteiger partial charge is 0.399 e. The highest BCUT2D eigenvalue weighted by Crippen LogP contribution is 2.26. The standard InChI is InChI=1S/C17H28N2O/c1-14-12-16(8-9-17(14)18)19-10-4-2-3-6-15(13-19)7-5-11-20/h8-9,12,15,20H,2-7,10-11,13,18H2,1H3. The van der Waals surface area contributed by atoms with Gasteiger partial charge in [-0.25, -0.2) is 0 Å². The number of rotatable bonds is 4. The number of hydrogen-bond acceptors (Lipinski definition) is 3. The minimum absolute atomic E-state index is 0.317. The Morgan fingerprint density at radius 2 is 2.15 bits per heavy atom. The molecule has 2 rings (SSSR count). The molecule has 1 atom stereocenters. The lowest BCUT2D eigenvalue weighted by Crippen LogP contribution is -2.32. The Bertz CT molecular complexity index is 417. The van der Waals surface area contributed by atoms with Crippen molar-refractivity contribution in [3.63, 3.8) is 0 Å². The minimum Gasteiger partial charge on any atom is -0.399 e. The molecule has 0 aliphatic carbocycles. The van der Waals surface area contributed by atoms with Gasteiger partial charge in [0, 0.05) is 31.1 Å². The minimum atomic E-state index is 0.317. The topological polar surface area (TPSA) is 49.5 Å². The second-order valence-electron chi connectivity index (χ2n) is 6.07. The Kier molecular flexibility index (Phi) is 5.72. The normalized spacial score (nSPS) is 20.5. The number of nitrogens with two attached hydrogens (primary N) is 1. The van der Waals surface area contributed by atoms with Crippen LogP contribution in [0.4, 0.5) is 11.4 Å². The molecule has 1 saturated heterocycles. The summed E-state index contributed by atoms with van der Waals surface area (Å²) >= 11 is 0. The summed E-state index contributed by atoms with van der Waals surface area (Å²) in [4.78, 5) is 2.51. The quantitative estimate of drug-likeness (QED) is 0.829. The fraction of sp³-hybridized carbons (Fsp3) is 0.647. The molecule has 3 nitrogen and oxygen atoms in total. The average molecular weight is 276 g/mol. The van der Waals surface area contributed by atoms with Crippen LogP contribution in [0.5, 0.6) is 0 Å². The van der Waals surface area contributed by atoms with Gasteiger partial charge in [-0.3, -0.25) is 0 Å². The van der Waals surface area contributed by atoms with Gasteiger partial charge in [0.25, 0.3) is 0 Å². The monoisotopic (exact) mass is 276 g/mol. The Balaban J connectivity index is 2.07. The highest BCUT2D eigenvalue weighted by Gasteiger charge is 2.17. The van der Waals surface area contributed by atoms with Crippen LogP contribution < -0.4 is 10.6 Å². The zero-order valence-electron chi connectivity index (χ0n) is 12.6. The van der Waals surface area contributed by atoms with Crippen molar-refractivity contribution in [1.29, 1.82) is 0 Å². The molecule has 1 aromatic rings. The van der Waals surface area contributed by atoms with E-state index in [2.05, 4.69) is 24.0 Å². The first-order chi connectivity index (χ1) is 9.70. The van der Waals surface area contributed by atoms with Gasteiger partial charge in [-0.2, -0.15) is 0 Å². The van der Waals surface area contributed by atoms with Crippen LogP contribution in [-0.2, 0) is 0 Å². The van der Waals surface area contributed by atoms with Crippen molar-refractivity contribution in [2.24, 2.45) is 5.92 Å². The van der Waals surface area contributed by atoms with E-state index in [4.69, 9.17) is 10.8 Å². The van der Waals surface area contributed by atoms with Crippen LogP contribution in [-0.4, -0.2) is 24.8 Å². The molecule has 1 heterocycles. The van der Waals surface area contributed by atoms with Gasteiger partial charge in [-0.05, 0) is 62.3 Å². The zero-order valence-corrected chi connectivity index (χ0v) is 12.6. The number of nitrogens with zero attached hydrogens (tertiary/aromatic N) is 1. The molecule has 1 aliphatic rings. The van der Waals surface area contributed by atoms with E-state index < -0.39 is 0 Å². The van der Waals surface area contributed by atoms with Gasteiger partial charge in [0.15, 0.2) is 0 Å². The molecule has 1 fully saturated rings. The van der Waals surface area contributed by atoms with Crippen molar-refractivity contribution in [2.75, 3.05) is 30.3 Å². The van der Waals surface area contributed by atoms with Crippen LogP contribution in [0.15, 0.2) is 18.2 Å². The van der Waals surface area contributed by atoms with E-state index in [0.717, 1.165) is 37.2 Å².